The van der Waals surface area contributed by atoms with Crippen molar-refractivity contribution < 1.29 is 29.0 Å². The molecule has 3 heterocycles. The Bertz CT molecular complexity index is 905. The van der Waals surface area contributed by atoms with Crippen LogP contribution in [-0.2, 0) is 30.4 Å². The first-order valence-corrected chi connectivity index (χ1v) is 11.7. The SMILES string of the molecule is C=CCN(Cc1ccccc1)C(=O)[C@@H]1N(CCCO)C(=O)[C@H]2[C@H](C(=O)OCC)[C@@H]3CC[C@]12O3. The van der Waals surface area contributed by atoms with Gasteiger partial charge in [0.1, 0.15) is 11.6 Å². The van der Waals surface area contributed by atoms with Crippen LogP contribution in [0.3, 0.4) is 0 Å². The first-order valence-electron chi connectivity index (χ1n) is 11.7. The lowest BCUT2D eigenvalue weighted by molar-refractivity contribution is -0.155. The Hall–Kier alpha value is -2.71. The third kappa shape index (κ3) is 3.95. The summed E-state index contributed by atoms with van der Waals surface area (Å²) in [5, 5.41) is 9.42. The number of rotatable bonds is 10. The van der Waals surface area contributed by atoms with E-state index in [1.807, 2.05) is 30.3 Å². The Morgan fingerprint density at radius 3 is 2.79 bits per heavy atom. The van der Waals surface area contributed by atoms with Crippen molar-refractivity contribution in [1.82, 2.24) is 9.80 Å². The number of amides is 2. The summed E-state index contributed by atoms with van der Waals surface area (Å²) < 4.78 is 11.6. The van der Waals surface area contributed by atoms with E-state index in [1.165, 1.54) is 4.90 Å². The first-order chi connectivity index (χ1) is 16.0. The van der Waals surface area contributed by atoms with Crippen LogP contribution in [0.1, 0.15) is 31.7 Å². The van der Waals surface area contributed by atoms with Crippen molar-refractivity contribution in [2.45, 2.75) is 50.5 Å². The highest BCUT2D eigenvalue weighted by Gasteiger charge is 2.74. The smallest absolute Gasteiger partial charge is 0.312 e. The molecule has 1 aromatic carbocycles. The van der Waals surface area contributed by atoms with Crippen LogP contribution >= 0.6 is 0 Å². The average Bonchev–Trinajstić information content (AvgIpc) is 3.45. The lowest BCUT2D eigenvalue weighted by Gasteiger charge is -2.36. The molecular formula is C25H32N2O6. The molecule has 0 unspecified atom stereocenters. The molecule has 3 aliphatic rings. The summed E-state index contributed by atoms with van der Waals surface area (Å²) in [5.74, 6) is -2.38. The molecule has 33 heavy (non-hydrogen) atoms. The van der Waals surface area contributed by atoms with Gasteiger partial charge < -0.3 is 24.4 Å². The van der Waals surface area contributed by atoms with Crippen LogP contribution in [-0.4, -0.2) is 76.7 Å². The summed E-state index contributed by atoms with van der Waals surface area (Å²) in [4.78, 5) is 43.6. The Kier molecular flexibility index (Phi) is 6.86. The van der Waals surface area contributed by atoms with Gasteiger partial charge in [0.25, 0.3) is 0 Å². The normalized spacial score (nSPS) is 29.8. The second kappa shape index (κ2) is 9.65. The second-order valence-corrected chi connectivity index (χ2v) is 8.91. The Balaban J connectivity index is 1.69. The molecule has 0 radical (unpaired) electrons. The molecule has 8 nitrogen and oxygen atoms in total. The van der Waals surface area contributed by atoms with Crippen molar-refractivity contribution in [3.63, 3.8) is 0 Å². The number of aliphatic hydroxyl groups excluding tert-OH is 1. The molecule has 3 fully saturated rings. The topological polar surface area (TPSA) is 96.4 Å². The van der Waals surface area contributed by atoms with E-state index < -0.39 is 35.6 Å². The van der Waals surface area contributed by atoms with E-state index in [0.717, 1.165) is 5.56 Å². The number of fused-ring (bicyclic) bond motifs is 1. The van der Waals surface area contributed by atoms with E-state index in [-0.39, 0.29) is 31.6 Å². The van der Waals surface area contributed by atoms with Crippen molar-refractivity contribution in [1.29, 1.82) is 0 Å². The lowest BCUT2D eigenvalue weighted by atomic mass is 9.70. The highest BCUT2D eigenvalue weighted by molar-refractivity contribution is 5.98. The van der Waals surface area contributed by atoms with Gasteiger partial charge in [-0.15, -0.1) is 6.58 Å². The van der Waals surface area contributed by atoms with Gasteiger partial charge in [-0.25, -0.2) is 0 Å². The standard InChI is InChI=1S/C25H32N2O6/c1-3-13-26(16-17-9-6-5-7-10-17)23(30)21-25-12-11-18(33-25)19(24(31)32-4-2)20(25)22(29)27(21)14-8-15-28/h3,5-7,9-10,18-21,28H,1,4,8,11-16H2,2H3/t18-,19+,20+,21-,25+/m0/s1. The van der Waals surface area contributed by atoms with E-state index in [2.05, 4.69) is 6.58 Å². The van der Waals surface area contributed by atoms with E-state index in [4.69, 9.17) is 9.47 Å². The van der Waals surface area contributed by atoms with E-state index >= 15 is 0 Å². The predicted octanol–water partition coefficient (Wildman–Crippen LogP) is 1.52. The number of benzene rings is 1. The van der Waals surface area contributed by atoms with Gasteiger partial charge in [0.15, 0.2) is 0 Å². The number of esters is 1. The number of hydrogen-bond donors (Lipinski definition) is 1. The van der Waals surface area contributed by atoms with Gasteiger partial charge in [-0.05, 0) is 31.7 Å². The Morgan fingerprint density at radius 2 is 2.12 bits per heavy atom. The van der Waals surface area contributed by atoms with Gasteiger partial charge in [0.05, 0.1) is 24.5 Å². The van der Waals surface area contributed by atoms with Crippen molar-refractivity contribution in [2.24, 2.45) is 11.8 Å². The van der Waals surface area contributed by atoms with Gasteiger partial charge in [0.2, 0.25) is 11.8 Å². The quantitative estimate of drug-likeness (QED) is 0.424. The molecule has 1 N–H and O–H groups in total. The van der Waals surface area contributed by atoms with Crippen molar-refractivity contribution in [3.8, 4) is 0 Å². The summed E-state index contributed by atoms with van der Waals surface area (Å²) in [6.07, 6.45) is 2.72. The molecule has 0 aromatic heterocycles. The molecule has 0 aliphatic carbocycles. The molecular weight excluding hydrogens is 424 g/mol. The second-order valence-electron chi connectivity index (χ2n) is 8.91. The van der Waals surface area contributed by atoms with Crippen LogP contribution in [0.15, 0.2) is 43.0 Å². The Labute approximate surface area is 194 Å². The van der Waals surface area contributed by atoms with Crippen molar-refractivity contribution >= 4 is 17.8 Å². The van der Waals surface area contributed by atoms with Crippen molar-refractivity contribution in [3.05, 3.63) is 48.6 Å². The zero-order valence-electron chi connectivity index (χ0n) is 19.0. The van der Waals surface area contributed by atoms with Gasteiger partial charge in [0, 0.05) is 26.2 Å². The summed E-state index contributed by atoms with van der Waals surface area (Å²) in [6.45, 7) is 6.56. The van der Waals surface area contributed by atoms with Crippen LogP contribution in [0.2, 0.25) is 0 Å². The minimum Gasteiger partial charge on any atom is -0.466 e. The monoisotopic (exact) mass is 456 g/mol. The van der Waals surface area contributed by atoms with Crippen LogP contribution in [0, 0.1) is 11.8 Å². The number of likely N-dealkylation sites (tertiary alicyclic amines) is 1. The molecule has 5 atom stereocenters. The molecule has 1 aromatic rings. The number of ether oxygens (including phenoxy) is 2. The van der Waals surface area contributed by atoms with Gasteiger partial charge in [-0.3, -0.25) is 14.4 Å². The molecule has 0 saturated carbocycles. The molecule has 8 heteroatoms. The maximum Gasteiger partial charge on any atom is 0.312 e. The van der Waals surface area contributed by atoms with E-state index in [0.29, 0.717) is 32.4 Å². The third-order valence-electron chi connectivity index (χ3n) is 7.03. The molecule has 2 amide bonds. The fraction of sp³-hybridized carbons (Fsp3) is 0.560. The minimum absolute atomic E-state index is 0.104. The van der Waals surface area contributed by atoms with Gasteiger partial charge >= 0.3 is 5.97 Å². The molecule has 3 saturated heterocycles. The van der Waals surface area contributed by atoms with E-state index in [1.54, 1.807) is 17.9 Å². The zero-order valence-corrected chi connectivity index (χ0v) is 19.0. The Morgan fingerprint density at radius 1 is 1.36 bits per heavy atom. The lowest BCUT2D eigenvalue weighted by Crippen LogP contribution is -2.56. The third-order valence-corrected chi connectivity index (χ3v) is 7.03. The van der Waals surface area contributed by atoms with Crippen molar-refractivity contribution in [2.75, 3.05) is 26.3 Å². The molecule has 3 aliphatic heterocycles. The van der Waals surface area contributed by atoms with Crippen LogP contribution in [0.25, 0.3) is 0 Å². The molecule has 178 valence electrons. The highest BCUT2D eigenvalue weighted by atomic mass is 16.6. The average molecular weight is 457 g/mol. The van der Waals surface area contributed by atoms with E-state index in [9.17, 15) is 19.5 Å². The maximum atomic E-state index is 14.0. The summed E-state index contributed by atoms with van der Waals surface area (Å²) in [5.41, 5.74) is -0.0871. The number of carbonyl (C=O) groups is 3. The van der Waals surface area contributed by atoms with Crippen LogP contribution < -0.4 is 0 Å². The predicted molar refractivity (Wildman–Crippen MR) is 120 cm³/mol. The van der Waals surface area contributed by atoms with Crippen LogP contribution in [0.5, 0.6) is 0 Å². The fourth-order valence-electron chi connectivity index (χ4n) is 5.79. The maximum absolute atomic E-state index is 14.0. The number of aliphatic hydroxyl groups is 1. The highest BCUT2D eigenvalue weighted by Crippen LogP contribution is 2.58. The zero-order chi connectivity index (χ0) is 23.6. The van der Waals surface area contributed by atoms with Gasteiger partial charge in [-0.2, -0.15) is 0 Å². The number of hydrogen-bond acceptors (Lipinski definition) is 6. The largest absolute Gasteiger partial charge is 0.466 e. The number of nitrogens with zero attached hydrogens (tertiary/aromatic N) is 2. The summed E-state index contributed by atoms with van der Waals surface area (Å²) in [7, 11) is 0. The van der Waals surface area contributed by atoms with Crippen LogP contribution in [0.4, 0.5) is 0 Å². The summed E-state index contributed by atoms with van der Waals surface area (Å²) in [6, 6.07) is 8.79. The minimum atomic E-state index is -1.05. The molecule has 4 rings (SSSR count). The number of carbonyl (C=O) groups excluding carboxylic acids is 3. The molecule has 2 bridgehead atoms. The first kappa shape index (κ1) is 23.4. The fourth-order valence-corrected chi connectivity index (χ4v) is 5.79. The van der Waals surface area contributed by atoms with Gasteiger partial charge in [-0.1, -0.05) is 36.4 Å². The summed E-state index contributed by atoms with van der Waals surface area (Å²) >= 11 is 0. The molecule has 1 spiro atoms.